The Morgan fingerprint density at radius 3 is 2.78 bits per heavy atom. The Hall–Kier alpha value is -1.02. The van der Waals surface area contributed by atoms with Crippen molar-refractivity contribution >= 4 is 23.2 Å². The Morgan fingerprint density at radius 2 is 2.17 bits per heavy atom. The maximum absolute atomic E-state index is 12.2. The molecule has 18 heavy (non-hydrogen) atoms. The lowest BCUT2D eigenvalue weighted by Crippen LogP contribution is -2.27. The van der Waals surface area contributed by atoms with Crippen LogP contribution in [0.3, 0.4) is 0 Å². The van der Waals surface area contributed by atoms with Crippen LogP contribution in [0.15, 0.2) is 18.2 Å². The highest BCUT2D eigenvalue weighted by molar-refractivity contribution is 6.31. The number of carbonyl (C=O) groups excluding carboxylic acids is 1. The van der Waals surface area contributed by atoms with Gasteiger partial charge in [-0.3, -0.25) is 4.79 Å². The van der Waals surface area contributed by atoms with E-state index in [1.807, 2.05) is 25.1 Å². The summed E-state index contributed by atoms with van der Waals surface area (Å²) in [4.78, 5) is 12.2. The summed E-state index contributed by atoms with van der Waals surface area (Å²) in [7, 11) is 0. The van der Waals surface area contributed by atoms with Crippen molar-refractivity contribution in [3.05, 3.63) is 28.8 Å². The minimum absolute atomic E-state index is 0.183. The van der Waals surface area contributed by atoms with E-state index in [0.717, 1.165) is 23.6 Å². The van der Waals surface area contributed by atoms with Crippen LogP contribution in [0.25, 0.3) is 0 Å². The molecule has 1 amide bonds. The van der Waals surface area contributed by atoms with E-state index in [2.05, 4.69) is 5.32 Å². The molecule has 2 fully saturated rings. The van der Waals surface area contributed by atoms with Gasteiger partial charge in [0.1, 0.15) is 0 Å². The second kappa shape index (κ2) is 4.58. The van der Waals surface area contributed by atoms with E-state index in [1.165, 1.54) is 19.3 Å². The lowest BCUT2D eigenvalue weighted by molar-refractivity contribution is -0.121. The third-order valence-electron chi connectivity index (χ3n) is 4.51. The van der Waals surface area contributed by atoms with E-state index < -0.39 is 0 Å². The van der Waals surface area contributed by atoms with Crippen LogP contribution in [-0.2, 0) is 4.79 Å². The Balaban J connectivity index is 1.69. The minimum atomic E-state index is 0.183. The van der Waals surface area contributed by atoms with Gasteiger partial charge in [0.25, 0.3) is 0 Å². The van der Waals surface area contributed by atoms with Gasteiger partial charge in [0.2, 0.25) is 5.91 Å². The van der Waals surface area contributed by atoms with Gasteiger partial charge in [-0.1, -0.05) is 24.1 Å². The molecule has 3 rings (SSSR count). The van der Waals surface area contributed by atoms with Crippen molar-refractivity contribution in [2.75, 3.05) is 5.32 Å². The zero-order valence-corrected chi connectivity index (χ0v) is 11.3. The maximum Gasteiger partial charge on any atom is 0.227 e. The molecular weight excluding hydrogens is 246 g/mol. The second-order valence-corrected chi connectivity index (χ2v) is 6.14. The van der Waals surface area contributed by atoms with Crippen LogP contribution in [0.5, 0.6) is 0 Å². The molecule has 3 atom stereocenters. The predicted molar refractivity (Wildman–Crippen MR) is 73.8 cm³/mol. The number of benzene rings is 1. The molecule has 2 aliphatic rings. The number of hydrogen-bond donors (Lipinski definition) is 1. The third kappa shape index (κ3) is 2.14. The van der Waals surface area contributed by atoms with Crippen molar-refractivity contribution in [1.29, 1.82) is 0 Å². The number of halogens is 1. The smallest absolute Gasteiger partial charge is 0.227 e. The third-order valence-corrected chi connectivity index (χ3v) is 4.92. The van der Waals surface area contributed by atoms with Crippen LogP contribution in [0, 0.1) is 24.7 Å². The second-order valence-electron chi connectivity index (χ2n) is 5.73. The highest BCUT2D eigenvalue weighted by Crippen LogP contribution is 2.48. The summed E-state index contributed by atoms with van der Waals surface area (Å²) in [5, 5.41) is 3.72. The van der Waals surface area contributed by atoms with Crippen molar-refractivity contribution in [2.24, 2.45) is 17.8 Å². The van der Waals surface area contributed by atoms with Gasteiger partial charge in [-0.2, -0.15) is 0 Å². The van der Waals surface area contributed by atoms with Crippen LogP contribution in [-0.4, -0.2) is 5.91 Å². The van der Waals surface area contributed by atoms with E-state index in [4.69, 9.17) is 11.6 Å². The van der Waals surface area contributed by atoms with Crippen molar-refractivity contribution in [1.82, 2.24) is 0 Å². The molecule has 0 heterocycles. The zero-order valence-electron chi connectivity index (χ0n) is 10.6. The number of carbonyl (C=O) groups is 1. The minimum Gasteiger partial charge on any atom is -0.326 e. The van der Waals surface area contributed by atoms with Gasteiger partial charge >= 0.3 is 0 Å². The molecular formula is C15H18ClNO. The van der Waals surface area contributed by atoms with Crippen molar-refractivity contribution in [3.63, 3.8) is 0 Å². The summed E-state index contributed by atoms with van der Waals surface area (Å²) >= 11 is 6.07. The predicted octanol–water partition coefficient (Wildman–Crippen LogP) is 4.02. The van der Waals surface area contributed by atoms with Gasteiger partial charge in [0.15, 0.2) is 0 Å². The van der Waals surface area contributed by atoms with E-state index in [0.29, 0.717) is 10.9 Å². The van der Waals surface area contributed by atoms with Gasteiger partial charge in [0, 0.05) is 16.6 Å². The van der Waals surface area contributed by atoms with Gasteiger partial charge in [-0.15, -0.1) is 0 Å². The molecule has 1 aromatic carbocycles. The molecule has 1 N–H and O–H groups in total. The molecule has 0 saturated heterocycles. The van der Waals surface area contributed by atoms with Crippen LogP contribution in [0.2, 0.25) is 5.02 Å². The average Bonchev–Trinajstić information content (AvgIpc) is 2.96. The number of anilines is 1. The van der Waals surface area contributed by atoms with Gasteiger partial charge in [0.05, 0.1) is 0 Å². The summed E-state index contributed by atoms with van der Waals surface area (Å²) in [6.45, 7) is 1.96. The molecule has 96 valence electrons. The first-order chi connectivity index (χ1) is 8.63. The molecule has 2 aliphatic carbocycles. The largest absolute Gasteiger partial charge is 0.326 e. The average molecular weight is 264 g/mol. The first-order valence-electron chi connectivity index (χ1n) is 6.70. The Kier molecular flexibility index (Phi) is 3.06. The molecule has 0 radical (unpaired) electrons. The number of hydrogen-bond acceptors (Lipinski definition) is 1. The Labute approximate surface area is 113 Å². The lowest BCUT2D eigenvalue weighted by atomic mass is 9.88. The van der Waals surface area contributed by atoms with Crippen LogP contribution >= 0.6 is 11.6 Å². The summed E-state index contributed by atoms with van der Waals surface area (Å²) < 4.78 is 0. The molecule has 2 bridgehead atoms. The Bertz CT molecular complexity index is 485. The van der Waals surface area contributed by atoms with E-state index in [-0.39, 0.29) is 11.8 Å². The fourth-order valence-electron chi connectivity index (χ4n) is 3.47. The zero-order chi connectivity index (χ0) is 12.7. The molecule has 0 aromatic heterocycles. The fraction of sp³-hybridized carbons (Fsp3) is 0.533. The topological polar surface area (TPSA) is 29.1 Å². The highest BCUT2D eigenvalue weighted by Gasteiger charge is 2.42. The first-order valence-corrected chi connectivity index (χ1v) is 7.08. The molecule has 0 spiro atoms. The number of rotatable bonds is 2. The normalized spacial score (nSPS) is 29.6. The first kappa shape index (κ1) is 12.0. The molecule has 3 heteroatoms. The van der Waals surface area contributed by atoms with E-state index in [9.17, 15) is 4.79 Å². The maximum atomic E-state index is 12.2. The number of amides is 1. The standard InChI is InChI=1S/C15H18ClNO/c1-9-2-5-12(8-14(9)16)17-15(18)13-7-10-3-4-11(13)6-10/h2,5,8,10-11,13H,3-4,6-7H2,1H3,(H,17,18)/t10-,11+,13+/m0/s1. The van der Waals surface area contributed by atoms with Crippen molar-refractivity contribution in [3.8, 4) is 0 Å². The molecule has 0 unspecified atom stereocenters. The quantitative estimate of drug-likeness (QED) is 0.858. The number of aryl methyl sites for hydroxylation is 1. The van der Waals surface area contributed by atoms with Gasteiger partial charge in [-0.05, 0) is 55.7 Å². The van der Waals surface area contributed by atoms with E-state index >= 15 is 0 Å². The Morgan fingerprint density at radius 1 is 1.33 bits per heavy atom. The summed E-state index contributed by atoms with van der Waals surface area (Å²) in [6, 6.07) is 5.70. The monoisotopic (exact) mass is 263 g/mol. The van der Waals surface area contributed by atoms with E-state index in [1.54, 1.807) is 0 Å². The van der Waals surface area contributed by atoms with Crippen LogP contribution in [0.1, 0.15) is 31.2 Å². The van der Waals surface area contributed by atoms with Crippen LogP contribution < -0.4 is 5.32 Å². The summed E-state index contributed by atoms with van der Waals surface area (Å²) in [5.41, 5.74) is 1.85. The van der Waals surface area contributed by atoms with Crippen molar-refractivity contribution in [2.45, 2.75) is 32.6 Å². The number of fused-ring (bicyclic) bond motifs is 2. The lowest BCUT2D eigenvalue weighted by Gasteiger charge is -2.20. The van der Waals surface area contributed by atoms with Gasteiger partial charge in [-0.25, -0.2) is 0 Å². The van der Waals surface area contributed by atoms with Crippen molar-refractivity contribution < 1.29 is 4.79 Å². The molecule has 2 saturated carbocycles. The van der Waals surface area contributed by atoms with Gasteiger partial charge < -0.3 is 5.32 Å². The molecule has 0 aliphatic heterocycles. The number of nitrogens with one attached hydrogen (secondary N) is 1. The highest BCUT2D eigenvalue weighted by atomic mass is 35.5. The van der Waals surface area contributed by atoms with Crippen LogP contribution in [0.4, 0.5) is 5.69 Å². The summed E-state index contributed by atoms with van der Waals surface area (Å²) in [6.07, 6.45) is 4.89. The fourth-order valence-corrected chi connectivity index (χ4v) is 3.65. The summed E-state index contributed by atoms with van der Waals surface area (Å²) in [5.74, 6) is 1.83. The molecule has 1 aromatic rings. The molecule has 2 nitrogen and oxygen atoms in total. The SMILES string of the molecule is Cc1ccc(NC(=O)[C@@H]2C[C@H]3CC[C@@H]2C3)cc1Cl.